The van der Waals surface area contributed by atoms with Crippen LogP contribution in [0.2, 0.25) is 10.0 Å². The van der Waals surface area contributed by atoms with Gasteiger partial charge in [-0.05, 0) is 55.6 Å². The van der Waals surface area contributed by atoms with E-state index in [1.165, 1.54) is 23.9 Å². The van der Waals surface area contributed by atoms with E-state index >= 15 is 0 Å². The predicted octanol–water partition coefficient (Wildman–Crippen LogP) is 4.90. The maximum atomic E-state index is 12.1. The van der Waals surface area contributed by atoms with Crippen molar-refractivity contribution in [2.45, 2.75) is 12.2 Å². The SMILES string of the molecule is CSC(C)C(=O)Nc1ccc(C(=O)Oc2cc(Cl)cc(Cl)c2)cc1. The number of esters is 1. The zero-order valence-electron chi connectivity index (χ0n) is 13.0. The van der Waals surface area contributed by atoms with E-state index in [2.05, 4.69) is 5.32 Å². The third-order valence-electron chi connectivity index (χ3n) is 3.16. The van der Waals surface area contributed by atoms with Gasteiger partial charge in [0.15, 0.2) is 0 Å². The summed E-state index contributed by atoms with van der Waals surface area (Å²) in [4.78, 5) is 23.9. The van der Waals surface area contributed by atoms with Crippen LogP contribution in [0, 0.1) is 0 Å². The van der Waals surface area contributed by atoms with Crippen molar-refractivity contribution in [2.75, 3.05) is 11.6 Å². The van der Waals surface area contributed by atoms with Crippen LogP contribution in [-0.4, -0.2) is 23.4 Å². The minimum Gasteiger partial charge on any atom is -0.423 e. The zero-order valence-corrected chi connectivity index (χ0v) is 15.3. The van der Waals surface area contributed by atoms with Gasteiger partial charge in [-0.1, -0.05) is 23.2 Å². The monoisotopic (exact) mass is 383 g/mol. The normalized spacial score (nSPS) is 11.7. The quantitative estimate of drug-likeness (QED) is 0.588. The Kier molecular flexibility index (Phi) is 6.54. The third kappa shape index (κ3) is 5.16. The Morgan fingerprint density at radius 2 is 1.67 bits per heavy atom. The summed E-state index contributed by atoms with van der Waals surface area (Å²) in [5.74, 6) is -0.362. The van der Waals surface area contributed by atoms with Crippen LogP contribution in [-0.2, 0) is 4.79 Å². The standard InChI is InChI=1S/C17H15Cl2NO3S/c1-10(24-2)16(21)20-14-5-3-11(4-6-14)17(22)23-15-8-12(18)7-13(19)9-15/h3-10H,1-2H3,(H,20,21). The number of carbonyl (C=O) groups is 2. The van der Waals surface area contributed by atoms with E-state index in [0.717, 1.165) is 0 Å². The average molecular weight is 384 g/mol. The molecule has 4 nitrogen and oxygen atoms in total. The van der Waals surface area contributed by atoms with Crippen molar-refractivity contribution in [1.29, 1.82) is 0 Å². The highest BCUT2D eigenvalue weighted by Gasteiger charge is 2.13. The summed E-state index contributed by atoms with van der Waals surface area (Å²) in [5.41, 5.74) is 0.963. The van der Waals surface area contributed by atoms with E-state index in [-0.39, 0.29) is 16.9 Å². The summed E-state index contributed by atoms with van der Waals surface area (Å²) in [7, 11) is 0. The van der Waals surface area contributed by atoms with E-state index in [1.807, 2.05) is 13.2 Å². The number of ether oxygens (including phenoxy) is 1. The Labute approximate surface area is 154 Å². The fourth-order valence-corrected chi connectivity index (χ4v) is 2.57. The van der Waals surface area contributed by atoms with E-state index in [4.69, 9.17) is 27.9 Å². The number of hydrogen-bond donors (Lipinski definition) is 1. The van der Waals surface area contributed by atoms with Gasteiger partial charge in [-0.2, -0.15) is 11.8 Å². The third-order valence-corrected chi connectivity index (χ3v) is 4.52. The zero-order chi connectivity index (χ0) is 17.7. The van der Waals surface area contributed by atoms with Crippen molar-refractivity contribution >= 4 is 52.5 Å². The lowest BCUT2D eigenvalue weighted by Gasteiger charge is -2.10. The summed E-state index contributed by atoms with van der Waals surface area (Å²) < 4.78 is 5.24. The van der Waals surface area contributed by atoms with Crippen molar-refractivity contribution < 1.29 is 14.3 Å². The number of rotatable bonds is 5. The number of carbonyl (C=O) groups excluding carboxylic acids is 2. The molecule has 0 aliphatic carbocycles. The van der Waals surface area contributed by atoms with Gasteiger partial charge in [0.1, 0.15) is 5.75 Å². The molecule has 2 aromatic carbocycles. The maximum absolute atomic E-state index is 12.1. The van der Waals surface area contributed by atoms with E-state index in [1.54, 1.807) is 30.3 Å². The number of benzene rings is 2. The predicted molar refractivity (Wildman–Crippen MR) is 99.5 cm³/mol. The summed E-state index contributed by atoms with van der Waals surface area (Å²) >= 11 is 13.2. The molecule has 1 amide bonds. The molecule has 24 heavy (non-hydrogen) atoms. The number of anilines is 1. The van der Waals surface area contributed by atoms with E-state index in [9.17, 15) is 9.59 Å². The number of amides is 1. The van der Waals surface area contributed by atoms with Gasteiger partial charge in [0.05, 0.1) is 10.8 Å². The molecule has 0 aromatic heterocycles. The lowest BCUT2D eigenvalue weighted by atomic mass is 10.2. The molecule has 0 fully saturated rings. The molecule has 7 heteroatoms. The van der Waals surface area contributed by atoms with Crippen LogP contribution in [0.3, 0.4) is 0 Å². The van der Waals surface area contributed by atoms with Crippen molar-refractivity contribution in [1.82, 2.24) is 0 Å². The summed E-state index contributed by atoms with van der Waals surface area (Å²) in [6.45, 7) is 1.82. The molecule has 0 saturated heterocycles. The second kappa shape index (κ2) is 8.42. The molecule has 0 aliphatic heterocycles. The van der Waals surface area contributed by atoms with Crippen molar-refractivity contribution in [2.24, 2.45) is 0 Å². The van der Waals surface area contributed by atoms with Crippen LogP contribution in [0.4, 0.5) is 5.69 Å². The first-order valence-electron chi connectivity index (χ1n) is 7.01. The molecule has 126 valence electrons. The lowest BCUT2D eigenvalue weighted by molar-refractivity contribution is -0.115. The molecule has 1 unspecified atom stereocenters. The maximum Gasteiger partial charge on any atom is 0.343 e. The summed E-state index contributed by atoms with van der Waals surface area (Å²) in [5, 5.41) is 3.39. The molecule has 0 bridgehead atoms. The smallest absolute Gasteiger partial charge is 0.343 e. The van der Waals surface area contributed by atoms with Crippen molar-refractivity contribution in [3.05, 3.63) is 58.1 Å². The fraction of sp³-hybridized carbons (Fsp3) is 0.176. The van der Waals surface area contributed by atoms with Crippen molar-refractivity contribution in [3.8, 4) is 5.75 Å². The summed E-state index contributed by atoms with van der Waals surface area (Å²) in [6, 6.07) is 11.0. The molecule has 0 heterocycles. The largest absolute Gasteiger partial charge is 0.423 e. The Bertz CT molecular complexity index is 730. The van der Waals surface area contributed by atoms with Crippen LogP contribution >= 0.6 is 35.0 Å². The molecule has 0 radical (unpaired) electrons. The van der Waals surface area contributed by atoms with E-state index in [0.29, 0.717) is 21.3 Å². The number of hydrogen-bond acceptors (Lipinski definition) is 4. The first-order chi connectivity index (χ1) is 11.4. The number of halogens is 2. The second-order valence-corrected chi connectivity index (χ2v) is 6.99. The lowest BCUT2D eigenvalue weighted by Crippen LogP contribution is -2.22. The van der Waals surface area contributed by atoms with Gasteiger partial charge in [-0.25, -0.2) is 4.79 Å². The summed E-state index contributed by atoms with van der Waals surface area (Å²) in [6.07, 6.45) is 1.87. The highest BCUT2D eigenvalue weighted by Crippen LogP contribution is 2.25. The molecule has 2 aromatic rings. The fourth-order valence-electron chi connectivity index (χ4n) is 1.79. The molecular formula is C17H15Cl2NO3S. The number of thioether (sulfide) groups is 1. The molecule has 1 atom stereocenters. The first kappa shape index (κ1) is 18.6. The highest BCUT2D eigenvalue weighted by atomic mass is 35.5. The van der Waals surface area contributed by atoms with Crippen LogP contribution in [0.25, 0.3) is 0 Å². The number of nitrogens with one attached hydrogen (secondary N) is 1. The molecule has 0 saturated carbocycles. The molecule has 0 aliphatic rings. The topological polar surface area (TPSA) is 55.4 Å². The van der Waals surface area contributed by atoms with Crippen LogP contribution < -0.4 is 10.1 Å². The first-order valence-corrected chi connectivity index (χ1v) is 9.05. The minimum absolute atomic E-state index is 0.0913. The van der Waals surface area contributed by atoms with Crippen molar-refractivity contribution in [3.63, 3.8) is 0 Å². The van der Waals surface area contributed by atoms with Crippen LogP contribution in [0.15, 0.2) is 42.5 Å². The van der Waals surface area contributed by atoms with Gasteiger partial charge in [0, 0.05) is 15.7 Å². The highest BCUT2D eigenvalue weighted by molar-refractivity contribution is 7.99. The molecule has 2 rings (SSSR count). The van der Waals surface area contributed by atoms with Gasteiger partial charge in [0.25, 0.3) is 0 Å². The van der Waals surface area contributed by atoms with E-state index < -0.39 is 5.97 Å². The van der Waals surface area contributed by atoms with Crippen LogP contribution in [0.1, 0.15) is 17.3 Å². The Hall–Kier alpha value is -1.69. The Morgan fingerprint density at radius 1 is 1.08 bits per heavy atom. The van der Waals surface area contributed by atoms with Gasteiger partial charge < -0.3 is 10.1 Å². The van der Waals surface area contributed by atoms with Gasteiger partial charge >= 0.3 is 5.97 Å². The molecular weight excluding hydrogens is 369 g/mol. The average Bonchev–Trinajstić information content (AvgIpc) is 2.53. The van der Waals surface area contributed by atoms with Gasteiger partial charge in [0.2, 0.25) is 5.91 Å². The minimum atomic E-state index is -0.538. The van der Waals surface area contributed by atoms with Gasteiger partial charge in [-0.3, -0.25) is 4.79 Å². The van der Waals surface area contributed by atoms with Crippen LogP contribution in [0.5, 0.6) is 5.75 Å². The molecule has 1 N–H and O–H groups in total. The molecule has 0 spiro atoms. The Balaban J connectivity index is 2.04. The van der Waals surface area contributed by atoms with Gasteiger partial charge in [-0.15, -0.1) is 0 Å². The second-order valence-electron chi connectivity index (χ2n) is 4.94. The Morgan fingerprint density at radius 3 is 2.21 bits per heavy atom.